The van der Waals surface area contributed by atoms with Gasteiger partial charge in [0.05, 0.1) is 12.7 Å². The molecule has 0 atom stereocenters. The Morgan fingerprint density at radius 3 is 2.52 bits per heavy atom. The summed E-state index contributed by atoms with van der Waals surface area (Å²) >= 11 is 0. The maximum Gasteiger partial charge on any atom is 0.257 e. The molecule has 7 heteroatoms. The number of nitrogen functional groups attached to an aromatic ring is 1. The average molecular weight is 399 g/mol. The molecular formula is C22H26FN3O3. The van der Waals surface area contributed by atoms with Crippen molar-refractivity contribution in [2.75, 3.05) is 18.2 Å². The van der Waals surface area contributed by atoms with Gasteiger partial charge in [0.1, 0.15) is 17.1 Å². The third kappa shape index (κ3) is 4.34. The molecule has 0 aromatic heterocycles. The lowest BCUT2D eigenvalue weighted by atomic mass is 9.80. The number of benzene rings is 2. The Bertz CT molecular complexity index is 903. The molecule has 0 heterocycles. The van der Waals surface area contributed by atoms with Crippen LogP contribution in [0.1, 0.15) is 48.0 Å². The standard InChI is InChI=1S/C22H26FN3O3/c1-14-9-10-15(13-18(14)29-2)25-21(28)22(11-4-3-5-12-22)26-20(27)19-16(23)7-6-8-17(19)24/h6-10,13H,3-5,11-12,24H2,1-2H3,(H,25,28)(H,26,27). The number of carbonyl (C=O) groups is 2. The summed E-state index contributed by atoms with van der Waals surface area (Å²) < 4.78 is 19.5. The topological polar surface area (TPSA) is 93.5 Å². The summed E-state index contributed by atoms with van der Waals surface area (Å²) in [7, 11) is 1.57. The Morgan fingerprint density at radius 1 is 1.14 bits per heavy atom. The molecule has 2 aromatic carbocycles. The molecule has 4 N–H and O–H groups in total. The average Bonchev–Trinajstić information content (AvgIpc) is 2.70. The molecule has 1 fully saturated rings. The van der Waals surface area contributed by atoms with E-state index in [2.05, 4.69) is 10.6 Å². The van der Waals surface area contributed by atoms with E-state index in [-0.39, 0.29) is 17.2 Å². The molecule has 154 valence electrons. The second-order valence-corrected chi connectivity index (χ2v) is 7.44. The summed E-state index contributed by atoms with van der Waals surface area (Å²) in [5, 5.41) is 5.67. The minimum Gasteiger partial charge on any atom is -0.496 e. The lowest BCUT2D eigenvalue weighted by Crippen LogP contribution is -2.58. The second kappa shape index (κ2) is 8.51. The van der Waals surface area contributed by atoms with Gasteiger partial charge in [-0.05, 0) is 43.5 Å². The van der Waals surface area contributed by atoms with Crippen molar-refractivity contribution in [3.8, 4) is 5.75 Å². The monoisotopic (exact) mass is 399 g/mol. The third-order valence-corrected chi connectivity index (χ3v) is 5.43. The Balaban J connectivity index is 1.86. The highest BCUT2D eigenvalue weighted by Crippen LogP contribution is 2.31. The van der Waals surface area contributed by atoms with Gasteiger partial charge in [-0.1, -0.05) is 31.4 Å². The predicted molar refractivity (Wildman–Crippen MR) is 110 cm³/mol. The van der Waals surface area contributed by atoms with E-state index in [0.717, 1.165) is 24.8 Å². The molecule has 2 amide bonds. The number of rotatable bonds is 5. The predicted octanol–water partition coefficient (Wildman–Crippen LogP) is 3.80. The van der Waals surface area contributed by atoms with Gasteiger partial charge in [-0.3, -0.25) is 9.59 Å². The van der Waals surface area contributed by atoms with Crippen LogP contribution in [0, 0.1) is 12.7 Å². The Labute approximate surface area is 169 Å². The first-order chi connectivity index (χ1) is 13.9. The van der Waals surface area contributed by atoms with Crippen molar-refractivity contribution in [1.29, 1.82) is 0 Å². The summed E-state index contributed by atoms with van der Waals surface area (Å²) in [4.78, 5) is 26.0. The molecule has 0 unspecified atom stereocenters. The van der Waals surface area contributed by atoms with E-state index >= 15 is 0 Å². The second-order valence-electron chi connectivity index (χ2n) is 7.44. The molecule has 0 spiro atoms. The van der Waals surface area contributed by atoms with E-state index in [0.29, 0.717) is 24.3 Å². The molecule has 3 rings (SSSR count). The number of carbonyl (C=O) groups excluding carboxylic acids is 2. The maximum atomic E-state index is 14.2. The highest BCUT2D eigenvalue weighted by molar-refractivity contribution is 6.05. The van der Waals surface area contributed by atoms with Crippen LogP contribution < -0.4 is 21.1 Å². The fraction of sp³-hybridized carbons (Fsp3) is 0.364. The number of nitrogens with two attached hydrogens (primary N) is 1. The van der Waals surface area contributed by atoms with Gasteiger partial charge in [0.15, 0.2) is 0 Å². The fourth-order valence-electron chi connectivity index (χ4n) is 3.77. The van der Waals surface area contributed by atoms with Gasteiger partial charge in [-0.15, -0.1) is 0 Å². The fourth-order valence-corrected chi connectivity index (χ4v) is 3.77. The molecular weight excluding hydrogens is 373 g/mol. The van der Waals surface area contributed by atoms with Crippen LogP contribution in [0.25, 0.3) is 0 Å². The molecule has 6 nitrogen and oxygen atoms in total. The summed E-state index contributed by atoms with van der Waals surface area (Å²) in [5.41, 5.74) is 6.00. The number of nitrogens with one attached hydrogen (secondary N) is 2. The SMILES string of the molecule is COc1cc(NC(=O)C2(NC(=O)c3c(N)cccc3F)CCCCC2)ccc1C. The number of halogens is 1. The van der Waals surface area contributed by atoms with E-state index < -0.39 is 17.3 Å². The molecule has 1 aliphatic carbocycles. The van der Waals surface area contributed by atoms with Crippen molar-refractivity contribution < 1.29 is 18.7 Å². The van der Waals surface area contributed by atoms with E-state index in [4.69, 9.17) is 10.5 Å². The smallest absolute Gasteiger partial charge is 0.257 e. The minimum absolute atomic E-state index is 0.0390. The van der Waals surface area contributed by atoms with Gasteiger partial charge in [0.2, 0.25) is 5.91 Å². The number of methoxy groups -OCH3 is 1. The summed E-state index contributed by atoms with van der Waals surface area (Å²) in [6.45, 7) is 1.91. The molecule has 0 radical (unpaired) electrons. The quantitative estimate of drug-likeness (QED) is 0.667. The van der Waals surface area contributed by atoms with Gasteiger partial charge >= 0.3 is 0 Å². The summed E-state index contributed by atoms with van der Waals surface area (Å²) in [6.07, 6.45) is 3.50. The maximum absolute atomic E-state index is 14.2. The van der Waals surface area contributed by atoms with Gasteiger partial charge in [0, 0.05) is 17.4 Å². The van der Waals surface area contributed by atoms with Gasteiger partial charge in [-0.2, -0.15) is 0 Å². The van der Waals surface area contributed by atoms with Crippen molar-refractivity contribution in [2.24, 2.45) is 0 Å². The van der Waals surface area contributed by atoms with Crippen molar-refractivity contribution in [3.63, 3.8) is 0 Å². The van der Waals surface area contributed by atoms with Crippen LogP contribution in [0.5, 0.6) is 5.75 Å². The summed E-state index contributed by atoms with van der Waals surface area (Å²) in [5.74, 6) is -1.06. The third-order valence-electron chi connectivity index (χ3n) is 5.43. The van der Waals surface area contributed by atoms with Crippen molar-refractivity contribution >= 4 is 23.2 Å². The van der Waals surface area contributed by atoms with Crippen LogP contribution in [0.3, 0.4) is 0 Å². The Hall–Kier alpha value is -3.09. The first-order valence-corrected chi connectivity index (χ1v) is 9.69. The Morgan fingerprint density at radius 2 is 1.86 bits per heavy atom. The Kier molecular flexibility index (Phi) is 6.06. The van der Waals surface area contributed by atoms with Crippen molar-refractivity contribution in [1.82, 2.24) is 5.32 Å². The molecule has 0 bridgehead atoms. The normalized spacial score (nSPS) is 15.4. The number of amides is 2. The van der Waals surface area contributed by atoms with Crippen molar-refractivity contribution in [3.05, 3.63) is 53.3 Å². The molecule has 29 heavy (non-hydrogen) atoms. The molecule has 1 saturated carbocycles. The zero-order valence-electron chi connectivity index (χ0n) is 16.7. The van der Waals surface area contributed by atoms with Crippen LogP contribution in [0.15, 0.2) is 36.4 Å². The minimum atomic E-state index is -1.12. The van der Waals surface area contributed by atoms with Crippen LogP contribution >= 0.6 is 0 Å². The molecule has 0 aliphatic heterocycles. The highest BCUT2D eigenvalue weighted by atomic mass is 19.1. The first kappa shape index (κ1) is 20.6. The van der Waals surface area contributed by atoms with E-state index in [1.165, 1.54) is 18.2 Å². The molecule has 0 saturated heterocycles. The zero-order chi connectivity index (χ0) is 21.0. The number of hydrogen-bond acceptors (Lipinski definition) is 4. The highest BCUT2D eigenvalue weighted by Gasteiger charge is 2.41. The van der Waals surface area contributed by atoms with E-state index in [9.17, 15) is 14.0 Å². The van der Waals surface area contributed by atoms with Gasteiger partial charge < -0.3 is 21.1 Å². The molecule has 2 aromatic rings. The van der Waals surface area contributed by atoms with Crippen LogP contribution in [0.2, 0.25) is 0 Å². The lowest BCUT2D eigenvalue weighted by molar-refractivity contribution is -0.123. The molecule has 1 aliphatic rings. The number of aryl methyl sites for hydroxylation is 1. The number of hydrogen-bond donors (Lipinski definition) is 3. The number of ether oxygens (including phenoxy) is 1. The number of anilines is 2. The van der Waals surface area contributed by atoms with E-state index in [1.807, 2.05) is 13.0 Å². The van der Waals surface area contributed by atoms with Gasteiger partial charge in [-0.25, -0.2) is 4.39 Å². The summed E-state index contributed by atoms with van der Waals surface area (Å²) in [6, 6.07) is 9.45. The van der Waals surface area contributed by atoms with Crippen LogP contribution in [0.4, 0.5) is 15.8 Å². The van der Waals surface area contributed by atoms with Gasteiger partial charge in [0.25, 0.3) is 5.91 Å². The first-order valence-electron chi connectivity index (χ1n) is 9.69. The van der Waals surface area contributed by atoms with Crippen LogP contribution in [-0.2, 0) is 4.79 Å². The largest absolute Gasteiger partial charge is 0.496 e. The van der Waals surface area contributed by atoms with Crippen molar-refractivity contribution in [2.45, 2.75) is 44.6 Å². The zero-order valence-corrected chi connectivity index (χ0v) is 16.7. The lowest BCUT2D eigenvalue weighted by Gasteiger charge is -2.36. The van der Waals surface area contributed by atoms with Crippen LogP contribution in [-0.4, -0.2) is 24.5 Å². The van der Waals surface area contributed by atoms with E-state index in [1.54, 1.807) is 19.2 Å².